The smallest absolute Gasteiger partial charge is 0.126 e. The summed E-state index contributed by atoms with van der Waals surface area (Å²) in [5.41, 5.74) is 6.79. The SMILES string of the molecule is CCn1ccnc1C(N)C1(CC)CCCC1. The predicted molar refractivity (Wildman–Crippen MR) is 66.0 cm³/mol. The highest BCUT2D eigenvalue weighted by Crippen LogP contribution is 2.48. The molecule has 90 valence electrons. The molecule has 0 aliphatic heterocycles. The molecule has 0 spiro atoms. The summed E-state index contributed by atoms with van der Waals surface area (Å²) in [6.45, 7) is 5.37. The van der Waals surface area contributed by atoms with Crippen molar-refractivity contribution in [2.24, 2.45) is 11.1 Å². The molecular weight excluding hydrogens is 198 g/mol. The molecular formula is C13H23N3. The second-order valence-corrected chi connectivity index (χ2v) is 4.97. The second-order valence-electron chi connectivity index (χ2n) is 4.97. The van der Waals surface area contributed by atoms with Gasteiger partial charge in [-0.2, -0.15) is 0 Å². The molecule has 0 saturated heterocycles. The van der Waals surface area contributed by atoms with Gasteiger partial charge in [-0.25, -0.2) is 4.98 Å². The molecule has 1 aliphatic rings. The van der Waals surface area contributed by atoms with Crippen molar-refractivity contribution in [2.45, 2.75) is 58.5 Å². The van der Waals surface area contributed by atoms with Gasteiger partial charge in [-0.1, -0.05) is 19.8 Å². The summed E-state index contributed by atoms with van der Waals surface area (Å²) in [6, 6.07) is 0.106. The lowest BCUT2D eigenvalue weighted by molar-refractivity contribution is 0.211. The molecule has 16 heavy (non-hydrogen) atoms. The average molecular weight is 221 g/mol. The van der Waals surface area contributed by atoms with E-state index in [1.165, 1.54) is 32.1 Å². The molecule has 1 heterocycles. The van der Waals surface area contributed by atoms with Gasteiger partial charge in [0.1, 0.15) is 5.82 Å². The van der Waals surface area contributed by atoms with Crippen LogP contribution in [0.3, 0.4) is 0 Å². The average Bonchev–Trinajstić information content (AvgIpc) is 2.97. The van der Waals surface area contributed by atoms with E-state index in [0.717, 1.165) is 12.4 Å². The third-order valence-corrected chi connectivity index (χ3v) is 4.33. The van der Waals surface area contributed by atoms with Crippen molar-refractivity contribution in [2.75, 3.05) is 0 Å². The first-order valence-corrected chi connectivity index (χ1v) is 6.50. The van der Waals surface area contributed by atoms with Crippen molar-refractivity contribution in [1.82, 2.24) is 9.55 Å². The Morgan fingerprint density at radius 1 is 1.44 bits per heavy atom. The predicted octanol–water partition coefficient (Wildman–Crippen LogP) is 2.87. The van der Waals surface area contributed by atoms with E-state index in [0.29, 0.717) is 5.41 Å². The van der Waals surface area contributed by atoms with Gasteiger partial charge < -0.3 is 10.3 Å². The van der Waals surface area contributed by atoms with Crippen molar-refractivity contribution < 1.29 is 0 Å². The molecule has 0 aromatic carbocycles. The van der Waals surface area contributed by atoms with Crippen LogP contribution in [0.4, 0.5) is 0 Å². The minimum absolute atomic E-state index is 0.106. The molecule has 3 nitrogen and oxygen atoms in total. The molecule has 1 aromatic rings. The number of nitrogens with zero attached hydrogens (tertiary/aromatic N) is 2. The van der Waals surface area contributed by atoms with Crippen molar-refractivity contribution in [3.8, 4) is 0 Å². The van der Waals surface area contributed by atoms with Gasteiger partial charge >= 0.3 is 0 Å². The van der Waals surface area contributed by atoms with E-state index in [9.17, 15) is 0 Å². The lowest BCUT2D eigenvalue weighted by Gasteiger charge is -2.34. The van der Waals surface area contributed by atoms with Gasteiger partial charge in [-0.05, 0) is 31.6 Å². The molecule has 1 fully saturated rings. The summed E-state index contributed by atoms with van der Waals surface area (Å²) in [6.07, 6.45) is 10.3. The van der Waals surface area contributed by atoms with Crippen molar-refractivity contribution >= 4 is 0 Å². The van der Waals surface area contributed by atoms with Crippen LogP contribution in [0.25, 0.3) is 0 Å². The number of rotatable bonds is 4. The van der Waals surface area contributed by atoms with Gasteiger partial charge in [0, 0.05) is 18.9 Å². The fourth-order valence-electron chi connectivity index (χ4n) is 3.10. The first-order valence-electron chi connectivity index (χ1n) is 6.50. The van der Waals surface area contributed by atoms with Crippen molar-refractivity contribution in [3.63, 3.8) is 0 Å². The van der Waals surface area contributed by atoms with Crippen LogP contribution in [-0.4, -0.2) is 9.55 Å². The molecule has 1 aliphatic carbocycles. The Labute approximate surface area is 98.1 Å². The monoisotopic (exact) mass is 221 g/mol. The Bertz CT molecular complexity index is 337. The minimum Gasteiger partial charge on any atom is -0.334 e. The highest BCUT2D eigenvalue weighted by atomic mass is 15.1. The van der Waals surface area contributed by atoms with Crippen molar-refractivity contribution in [3.05, 3.63) is 18.2 Å². The molecule has 1 aromatic heterocycles. The molecule has 2 N–H and O–H groups in total. The number of hydrogen-bond acceptors (Lipinski definition) is 2. The maximum atomic E-state index is 6.48. The van der Waals surface area contributed by atoms with E-state index in [1.807, 2.05) is 12.4 Å². The Morgan fingerprint density at radius 2 is 2.12 bits per heavy atom. The standard InChI is InChI=1S/C13H23N3/c1-3-13(7-5-6-8-13)11(14)12-15-9-10-16(12)4-2/h9-11H,3-8,14H2,1-2H3. The van der Waals surface area contributed by atoms with Gasteiger partial charge in [0.25, 0.3) is 0 Å². The second kappa shape index (κ2) is 4.58. The number of aromatic nitrogens is 2. The van der Waals surface area contributed by atoms with Crippen LogP contribution in [-0.2, 0) is 6.54 Å². The van der Waals surface area contributed by atoms with Gasteiger partial charge in [0.05, 0.1) is 6.04 Å². The molecule has 1 saturated carbocycles. The van der Waals surface area contributed by atoms with E-state index in [-0.39, 0.29) is 6.04 Å². The summed E-state index contributed by atoms with van der Waals surface area (Å²) >= 11 is 0. The molecule has 3 heteroatoms. The van der Waals surface area contributed by atoms with Gasteiger partial charge in [0.2, 0.25) is 0 Å². The Morgan fingerprint density at radius 3 is 2.69 bits per heavy atom. The Balaban J connectivity index is 2.26. The van der Waals surface area contributed by atoms with Crippen LogP contribution in [0.2, 0.25) is 0 Å². The number of aryl methyl sites for hydroxylation is 1. The summed E-state index contributed by atoms with van der Waals surface area (Å²) in [7, 11) is 0. The van der Waals surface area contributed by atoms with E-state index >= 15 is 0 Å². The molecule has 0 radical (unpaired) electrons. The third kappa shape index (κ3) is 1.77. The fraction of sp³-hybridized carbons (Fsp3) is 0.769. The first kappa shape index (κ1) is 11.6. The van der Waals surface area contributed by atoms with Crippen LogP contribution >= 0.6 is 0 Å². The maximum absolute atomic E-state index is 6.48. The molecule has 0 amide bonds. The highest BCUT2D eigenvalue weighted by molar-refractivity contribution is 5.06. The number of hydrogen-bond donors (Lipinski definition) is 1. The van der Waals surface area contributed by atoms with Crippen LogP contribution in [0, 0.1) is 5.41 Å². The molecule has 1 unspecified atom stereocenters. The van der Waals surface area contributed by atoms with E-state index in [2.05, 4.69) is 23.4 Å². The summed E-state index contributed by atoms with van der Waals surface area (Å²) in [5, 5.41) is 0. The van der Waals surface area contributed by atoms with Gasteiger partial charge in [-0.15, -0.1) is 0 Å². The van der Waals surface area contributed by atoms with Crippen molar-refractivity contribution in [1.29, 1.82) is 0 Å². The maximum Gasteiger partial charge on any atom is 0.126 e. The lowest BCUT2D eigenvalue weighted by Crippen LogP contribution is -2.33. The summed E-state index contributed by atoms with van der Waals surface area (Å²) in [4.78, 5) is 4.46. The van der Waals surface area contributed by atoms with E-state index < -0.39 is 0 Å². The lowest BCUT2D eigenvalue weighted by atomic mass is 9.76. The zero-order valence-corrected chi connectivity index (χ0v) is 10.4. The number of nitrogens with two attached hydrogens (primary N) is 1. The first-order chi connectivity index (χ1) is 7.73. The molecule has 0 bridgehead atoms. The summed E-state index contributed by atoms with van der Waals surface area (Å²) in [5.74, 6) is 1.08. The van der Waals surface area contributed by atoms with Gasteiger partial charge in [-0.3, -0.25) is 0 Å². The third-order valence-electron chi connectivity index (χ3n) is 4.33. The fourth-order valence-corrected chi connectivity index (χ4v) is 3.10. The quantitative estimate of drug-likeness (QED) is 0.849. The largest absolute Gasteiger partial charge is 0.334 e. The Kier molecular flexibility index (Phi) is 3.33. The summed E-state index contributed by atoms with van der Waals surface area (Å²) < 4.78 is 2.18. The van der Waals surface area contributed by atoms with Gasteiger partial charge in [0.15, 0.2) is 0 Å². The van der Waals surface area contributed by atoms with E-state index in [4.69, 9.17) is 5.73 Å². The topological polar surface area (TPSA) is 43.8 Å². The van der Waals surface area contributed by atoms with E-state index in [1.54, 1.807) is 0 Å². The molecule has 1 atom stereocenters. The zero-order valence-electron chi connectivity index (χ0n) is 10.4. The zero-order chi connectivity index (χ0) is 11.6. The normalized spacial score (nSPS) is 21.2. The minimum atomic E-state index is 0.106. The van der Waals surface area contributed by atoms with Crippen LogP contribution in [0.15, 0.2) is 12.4 Å². The van der Waals surface area contributed by atoms with Crippen LogP contribution in [0.1, 0.15) is 57.8 Å². The molecule has 2 rings (SSSR count). The van der Waals surface area contributed by atoms with Crippen LogP contribution in [0.5, 0.6) is 0 Å². The van der Waals surface area contributed by atoms with Crippen LogP contribution < -0.4 is 5.73 Å². The number of imidazole rings is 1. The Hall–Kier alpha value is -0.830. The highest BCUT2D eigenvalue weighted by Gasteiger charge is 2.40.